The van der Waals surface area contributed by atoms with Crippen LogP contribution in [0, 0.1) is 5.41 Å². The predicted molar refractivity (Wildman–Crippen MR) is 97.8 cm³/mol. The summed E-state index contributed by atoms with van der Waals surface area (Å²) in [6.45, 7) is 3.65. The van der Waals surface area contributed by atoms with Crippen LogP contribution >= 0.6 is 11.3 Å². The normalized spacial score (nSPS) is 31.3. The molecule has 8 heteroatoms. The number of amides is 1. The van der Waals surface area contributed by atoms with Crippen molar-refractivity contribution in [3.63, 3.8) is 0 Å². The number of fused-ring (bicyclic) bond motifs is 2. The van der Waals surface area contributed by atoms with Gasteiger partial charge in [0.05, 0.1) is 30.3 Å². The number of methoxy groups -OCH3 is 1. The number of esters is 1. The van der Waals surface area contributed by atoms with Gasteiger partial charge < -0.3 is 15.0 Å². The third kappa shape index (κ3) is 3.04. The third-order valence-electron chi connectivity index (χ3n) is 6.24. The Kier molecular flexibility index (Phi) is 4.98. The highest BCUT2D eigenvalue weighted by atomic mass is 32.1. The fourth-order valence-electron chi connectivity index (χ4n) is 5.05. The maximum Gasteiger partial charge on any atom is 0.313 e. The molecule has 3 saturated heterocycles. The Bertz CT molecular complexity index is 661. The first-order valence-electron chi connectivity index (χ1n) is 9.34. The minimum absolute atomic E-state index is 0.0634. The van der Waals surface area contributed by atoms with Crippen molar-refractivity contribution in [3.8, 4) is 0 Å². The summed E-state index contributed by atoms with van der Waals surface area (Å²) in [5.41, 5.74) is 2.18. The first kappa shape index (κ1) is 17.9. The Morgan fingerprint density at radius 2 is 2.19 bits per heavy atom. The summed E-state index contributed by atoms with van der Waals surface area (Å²) in [5, 5.41) is 5.29. The van der Waals surface area contributed by atoms with E-state index in [4.69, 9.17) is 4.74 Å². The predicted octanol–water partition coefficient (Wildman–Crippen LogP) is 0.514. The average Bonchev–Trinajstić information content (AvgIpc) is 3.38. The number of aromatic nitrogens is 1. The largest absolute Gasteiger partial charge is 0.469 e. The molecule has 26 heavy (non-hydrogen) atoms. The van der Waals surface area contributed by atoms with E-state index in [2.05, 4.69) is 15.2 Å². The molecule has 0 radical (unpaired) electrons. The number of nitrogens with zero attached hydrogens (tertiary/aromatic N) is 3. The highest BCUT2D eigenvalue weighted by molar-refractivity contribution is 7.07. The van der Waals surface area contributed by atoms with Gasteiger partial charge in [-0.05, 0) is 19.3 Å². The van der Waals surface area contributed by atoms with Crippen molar-refractivity contribution in [3.05, 3.63) is 16.6 Å². The quantitative estimate of drug-likeness (QED) is 0.753. The SMILES string of the molecule is COC(=O)[C@@]1(Cc2cscn2)C[C@H]2CC[C@@H]1N2CC(=O)N1CCNCC1. The smallest absolute Gasteiger partial charge is 0.313 e. The average molecular weight is 378 g/mol. The minimum atomic E-state index is -0.574. The molecule has 3 fully saturated rings. The Hall–Kier alpha value is -1.51. The number of carbonyl (C=O) groups excluding carboxylic acids is 2. The van der Waals surface area contributed by atoms with E-state index < -0.39 is 5.41 Å². The molecule has 0 aliphatic carbocycles. The summed E-state index contributed by atoms with van der Waals surface area (Å²) in [4.78, 5) is 34.2. The maximum absolute atomic E-state index is 12.8. The van der Waals surface area contributed by atoms with Crippen LogP contribution in [0.2, 0.25) is 0 Å². The van der Waals surface area contributed by atoms with Crippen molar-refractivity contribution in [1.29, 1.82) is 0 Å². The van der Waals surface area contributed by atoms with Gasteiger partial charge in [0.15, 0.2) is 0 Å². The molecule has 0 aromatic carbocycles. The summed E-state index contributed by atoms with van der Waals surface area (Å²) < 4.78 is 5.21. The fourth-order valence-corrected chi connectivity index (χ4v) is 5.61. The minimum Gasteiger partial charge on any atom is -0.469 e. The molecule has 4 rings (SSSR count). The van der Waals surface area contributed by atoms with Gasteiger partial charge in [0.1, 0.15) is 0 Å². The van der Waals surface area contributed by atoms with Gasteiger partial charge in [-0.1, -0.05) is 0 Å². The van der Waals surface area contributed by atoms with Crippen molar-refractivity contribution in [2.24, 2.45) is 5.41 Å². The Balaban J connectivity index is 1.53. The van der Waals surface area contributed by atoms with E-state index in [0.717, 1.165) is 51.1 Å². The van der Waals surface area contributed by atoms with E-state index in [0.29, 0.717) is 13.0 Å². The second-order valence-electron chi connectivity index (χ2n) is 7.56. The van der Waals surface area contributed by atoms with Crippen molar-refractivity contribution < 1.29 is 14.3 Å². The van der Waals surface area contributed by atoms with Crippen molar-refractivity contribution in [2.75, 3.05) is 39.8 Å². The van der Waals surface area contributed by atoms with E-state index in [1.54, 1.807) is 16.8 Å². The van der Waals surface area contributed by atoms with Crippen LogP contribution in [0.25, 0.3) is 0 Å². The first-order valence-corrected chi connectivity index (χ1v) is 10.3. The van der Waals surface area contributed by atoms with Gasteiger partial charge in [-0.2, -0.15) is 0 Å². The molecule has 3 aliphatic rings. The molecule has 1 aromatic heterocycles. The van der Waals surface area contributed by atoms with Crippen LogP contribution in [0.15, 0.2) is 10.9 Å². The summed E-state index contributed by atoms with van der Waals surface area (Å²) >= 11 is 1.55. The summed E-state index contributed by atoms with van der Waals surface area (Å²) in [7, 11) is 1.47. The van der Waals surface area contributed by atoms with E-state index in [1.165, 1.54) is 7.11 Å². The third-order valence-corrected chi connectivity index (χ3v) is 6.88. The number of rotatable bonds is 5. The van der Waals surface area contributed by atoms with Crippen molar-refractivity contribution in [1.82, 2.24) is 20.1 Å². The van der Waals surface area contributed by atoms with Gasteiger partial charge >= 0.3 is 5.97 Å². The molecule has 3 atom stereocenters. The molecular weight excluding hydrogens is 352 g/mol. The number of hydrogen-bond acceptors (Lipinski definition) is 7. The molecule has 142 valence electrons. The zero-order chi connectivity index (χ0) is 18.1. The fraction of sp³-hybridized carbons (Fsp3) is 0.722. The van der Waals surface area contributed by atoms with Crippen LogP contribution in [-0.4, -0.2) is 78.6 Å². The van der Waals surface area contributed by atoms with Crippen molar-refractivity contribution >= 4 is 23.2 Å². The number of hydrogen-bond donors (Lipinski definition) is 1. The standard InChI is InChI=1S/C18H26N4O3S/c1-25-17(24)18(8-13-11-26-12-20-13)9-14-2-3-15(18)22(14)10-16(23)21-6-4-19-5-7-21/h11-12,14-15,19H,2-10H2,1H3/t14-,15+,18+/m1/s1. The molecule has 7 nitrogen and oxygen atoms in total. The zero-order valence-electron chi connectivity index (χ0n) is 15.1. The lowest BCUT2D eigenvalue weighted by atomic mass is 9.71. The highest BCUT2D eigenvalue weighted by Crippen LogP contribution is 2.52. The van der Waals surface area contributed by atoms with Crippen LogP contribution in [0.4, 0.5) is 0 Å². The Labute approximate surface area is 157 Å². The number of piperazine rings is 1. The van der Waals surface area contributed by atoms with Gasteiger partial charge in [-0.3, -0.25) is 14.5 Å². The van der Waals surface area contributed by atoms with E-state index in [9.17, 15) is 9.59 Å². The maximum atomic E-state index is 12.8. The van der Waals surface area contributed by atoms with Gasteiger partial charge in [0.2, 0.25) is 5.91 Å². The number of nitrogens with one attached hydrogen (secondary N) is 1. The van der Waals surface area contributed by atoms with E-state index >= 15 is 0 Å². The molecule has 2 bridgehead atoms. The first-order chi connectivity index (χ1) is 12.6. The van der Waals surface area contributed by atoms with Gasteiger partial charge in [-0.15, -0.1) is 11.3 Å². The Morgan fingerprint density at radius 1 is 1.38 bits per heavy atom. The lowest BCUT2D eigenvalue weighted by molar-refractivity contribution is -0.155. The van der Waals surface area contributed by atoms with Crippen LogP contribution in [0.1, 0.15) is 25.0 Å². The molecule has 3 aliphatic heterocycles. The molecular formula is C18H26N4O3S. The molecule has 4 heterocycles. The van der Waals surface area contributed by atoms with Crippen LogP contribution in [0.3, 0.4) is 0 Å². The lowest BCUT2D eigenvalue weighted by Crippen LogP contribution is -2.51. The molecule has 0 unspecified atom stereocenters. The lowest BCUT2D eigenvalue weighted by Gasteiger charge is -2.35. The van der Waals surface area contributed by atoms with Crippen LogP contribution < -0.4 is 5.32 Å². The molecule has 1 aromatic rings. The van der Waals surface area contributed by atoms with E-state index in [-0.39, 0.29) is 24.0 Å². The monoisotopic (exact) mass is 378 g/mol. The zero-order valence-corrected chi connectivity index (χ0v) is 16.0. The second kappa shape index (κ2) is 7.25. The van der Waals surface area contributed by atoms with E-state index in [1.807, 2.05) is 10.3 Å². The highest BCUT2D eigenvalue weighted by Gasteiger charge is 2.60. The van der Waals surface area contributed by atoms with Crippen molar-refractivity contribution in [2.45, 2.75) is 37.8 Å². The summed E-state index contributed by atoms with van der Waals surface area (Å²) in [5.74, 6) is 0.0232. The summed E-state index contributed by atoms with van der Waals surface area (Å²) in [6, 6.07) is 0.345. The summed E-state index contributed by atoms with van der Waals surface area (Å²) in [6.07, 6.45) is 3.35. The van der Waals surface area contributed by atoms with Gasteiger partial charge in [-0.25, -0.2) is 4.98 Å². The molecule has 0 spiro atoms. The van der Waals surface area contributed by atoms with Crippen LogP contribution in [-0.2, 0) is 20.7 Å². The van der Waals surface area contributed by atoms with Crippen LogP contribution in [0.5, 0.6) is 0 Å². The topological polar surface area (TPSA) is 74.8 Å². The van der Waals surface area contributed by atoms with Gasteiger partial charge in [0, 0.05) is 50.1 Å². The molecule has 0 saturated carbocycles. The molecule has 1 N–H and O–H groups in total. The number of ether oxygens (including phenoxy) is 1. The Morgan fingerprint density at radius 3 is 2.88 bits per heavy atom. The second-order valence-corrected chi connectivity index (χ2v) is 8.28. The van der Waals surface area contributed by atoms with Gasteiger partial charge in [0.25, 0.3) is 0 Å². The number of thiazole rings is 1. The number of carbonyl (C=O) groups is 2. The molecule has 1 amide bonds.